The van der Waals surface area contributed by atoms with Crippen LogP contribution in [-0.2, 0) is 0 Å². The van der Waals surface area contributed by atoms with Crippen molar-refractivity contribution in [3.05, 3.63) is 35.8 Å². The van der Waals surface area contributed by atoms with Crippen LogP contribution >= 0.6 is 0 Å². The van der Waals surface area contributed by atoms with E-state index in [1.165, 1.54) is 13.3 Å². The van der Waals surface area contributed by atoms with E-state index >= 15 is 0 Å². The Morgan fingerprint density at radius 1 is 1.44 bits per heavy atom. The molecule has 0 spiro atoms. The lowest BCUT2D eigenvalue weighted by molar-refractivity contribution is -0.149. The van der Waals surface area contributed by atoms with Gasteiger partial charge in [0, 0.05) is 42.7 Å². The van der Waals surface area contributed by atoms with Gasteiger partial charge in [-0.1, -0.05) is 0 Å². The van der Waals surface area contributed by atoms with Crippen LogP contribution in [-0.4, -0.2) is 53.8 Å². The van der Waals surface area contributed by atoms with Crippen LogP contribution in [0.15, 0.2) is 24.5 Å². The summed E-state index contributed by atoms with van der Waals surface area (Å²) in [5.74, 6) is -0.683. The summed E-state index contributed by atoms with van der Waals surface area (Å²) < 4.78 is 44.3. The van der Waals surface area contributed by atoms with Gasteiger partial charge in [0.2, 0.25) is 5.88 Å². The number of aromatic nitrogens is 2. The van der Waals surface area contributed by atoms with Crippen LogP contribution in [0.1, 0.15) is 36.3 Å². The molecule has 1 amide bonds. The summed E-state index contributed by atoms with van der Waals surface area (Å²) in [5.41, 5.74) is 6.72. The molecule has 1 saturated heterocycles. The SMILES string of the molecule is COc1cc(-c2c(C#N)ncc(C(=O)NC(C)C(F)(F)F)c2N2CC[C@](C)(N)C2)ccn1. The Labute approximate surface area is 183 Å². The summed E-state index contributed by atoms with van der Waals surface area (Å²) in [7, 11) is 1.43. The number of nitrogens with zero attached hydrogens (tertiary/aromatic N) is 4. The number of hydrogen-bond acceptors (Lipinski definition) is 7. The van der Waals surface area contributed by atoms with Gasteiger partial charge in [-0.2, -0.15) is 18.4 Å². The molecule has 1 aliphatic heterocycles. The second kappa shape index (κ2) is 8.63. The third-order valence-electron chi connectivity index (χ3n) is 5.29. The highest BCUT2D eigenvalue weighted by molar-refractivity contribution is 6.04. The van der Waals surface area contributed by atoms with E-state index in [4.69, 9.17) is 10.5 Å². The monoisotopic (exact) mass is 448 g/mol. The van der Waals surface area contributed by atoms with Crippen LogP contribution in [0.3, 0.4) is 0 Å². The Morgan fingerprint density at radius 3 is 2.72 bits per heavy atom. The Balaban J connectivity index is 2.22. The van der Waals surface area contributed by atoms with E-state index in [2.05, 4.69) is 9.97 Å². The van der Waals surface area contributed by atoms with Crippen molar-refractivity contribution in [1.29, 1.82) is 5.26 Å². The van der Waals surface area contributed by atoms with Crippen molar-refractivity contribution in [1.82, 2.24) is 15.3 Å². The number of nitrogens with two attached hydrogens (primary N) is 1. The second-order valence-electron chi connectivity index (χ2n) is 8.01. The molecule has 32 heavy (non-hydrogen) atoms. The van der Waals surface area contributed by atoms with Crippen LogP contribution < -0.4 is 20.7 Å². The lowest BCUT2D eigenvalue weighted by Crippen LogP contribution is -2.44. The number of nitriles is 1. The number of methoxy groups -OCH3 is 1. The molecular formula is C21H23F3N6O2. The number of carbonyl (C=O) groups is 1. The molecule has 3 N–H and O–H groups in total. The summed E-state index contributed by atoms with van der Waals surface area (Å²) in [6.45, 7) is 3.49. The number of amides is 1. The van der Waals surface area contributed by atoms with E-state index in [1.807, 2.05) is 18.3 Å². The van der Waals surface area contributed by atoms with Gasteiger partial charge in [-0.25, -0.2) is 9.97 Å². The lowest BCUT2D eigenvalue weighted by Gasteiger charge is -2.27. The number of hydrogen-bond donors (Lipinski definition) is 2. The summed E-state index contributed by atoms with van der Waals surface area (Å²) >= 11 is 0. The molecule has 0 saturated carbocycles. The fourth-order valence-corrected chi connectivity index (χ4v) is 3.56. The van der Waals surface area contributed by atoms with Gasteiger partial charge >= 0.3 is 6.18 Å². The Hall–Kier alpha value is -3.39. The zero-order valence-electron chi connectivity index (χ0n) is 17.8. The first kappa shape index (κ1) is 23.3. The standard InChI is InChI=1S/C21H23F3N6O2/c1-12(21(22,23)24)29-19(31)14-10-28-15(9-25)17(13-4-6-27-16(8-13)32-3)18(14)30-7-5-20(2,26)11-30/h4,6,8,10,12H,5,7,11,26H2,1-3H3,(H,29,31)/t12?,20-/m0/s1. The molecule has 0 aromatic carbocycles. The van der Waals surface area contributed by atoms with Crippen molar-refractivity contribution in [3.63, 3.8) is 0 Å². The molecule has 11 heteroatoms. The van der Waals surface area contributed by atoms with Gasteiger partial charge < -0.3 is 20.7 Å². The summed E-state index contributed by atoms with van der Waals surface area (Å²) in [4.78, 5) is 22.8. The molecule has 0 aliphatic carbocycles. The van der Waals surface area contributed by atoms with Gasteiger partial charge in [-0.3, -0.25) is 4.79 Å². The Kier molecular flexibility index (Phi) is 6.27. The summed E-state index contributed by atoms with van der Waals surface area (Å²) in [6, 6.07) is 3.12. The van der Waals surface area contributed by atoms with Crippen molar-refractivity contribution >= 4 is 11.6 Å². The van der Waals surface area contributed by atoms with Gasteiger partial charge in [0.25, 0.3) is 5.91 Å². The smallest absolute Gasteiger partial charge is 0.408 e. The molecule has 3 heterocycles. The number of halogens is 3. The zero-order chi connectivity index (χ0) is 23.7. The van der Waals surface area contributed by atoms with Crippen molar-refractivity contribution < 1.29 is 22.7 Å². The highest BCUT2D eigenvalue weighted by Gasteiger charge is 2.39. The Bertz CT molecular complexity index is 1060. The minimum Gasteiger partial charge on any atom is -0.481 e. The first-order valence-corrected chi connectivity index (χ1v) is 9.82. The molecule has 0 bridgehead atoms. The second-order valence-corrected chi connectivity index (χ2v) is 8.01. The van der Waals surface area contributed by atoms with Crippen molar-refractivity contribution in [3.8, 4) is 23.1 Å². The fourth-order valence-electron chi connectivity index (χ4n) is 3.56. The van der Waals surface area contributed by atoms with E-state index in [-0.39, 0.29) is 17.1 Å². The minimum absolute atomic E-state index is 0.0132. The molecule has 8 nitrogen and oxygen atoms in total. The zero-order valence-corrected chi connectivity index (χ0v) is 17.8. The molecular weight excluding hydrogens is 425 g/mol. The number of rotatable bonds is 5. The highest BCUT2D eigenvalue weighted by atomic mass is 19.4. The number of pyridine rings is 2. The van der Waals surface area contributed by atoms with Crippen LogP contribution in [0, 0.1) is 11.3 Å². The number of anilines is 1. The van der Waals surface area contributed by atoms with Crippen LogP contribution in [0.5, 0.6) is 5.88 Å². The molecule has 170 valence electrons. The van der Waals surface area contributed by atoms with Crippen LogP contribution in [0.2, 0.25) is 0 Å². The third kappa shape index (κ3) is 4.75. The molecule has 2 aromatic heterocycles. The third-order valence-corrected chi connectivity index (χ3v) is 5.29. The summed E-state index contributed by atoms with van der Waals surface area (Å²) in [5, 5.41) is 11.7. The molecule has 2 aromatic rings. The molecule has 1 aliphatic rings. The van der Waals surface area contributed by atoms with E-state index in [0.29, 0.717) is 36.3 Å². The maximum atomic E-state index is 13.1. The Morgan fingerprint density at radius 2 is 2.16 bits per heavy atom. The topological polar surface area (TPSA) is 117 Å². The molecule has 2 atom stereocenters. The summed E-state index contributed by atoms with van der Waals surface area (Å²) in [6.07, 6.45) is -1.42. The van der Waals surface area contributed by atoms with E-state index in [0.717, 1.165) is 13.1 Å². The van der Waals surface area contributed by atoms with Gasteiger partial charge in [-0.15, -0.1) is 0 Å². The van der Waals surface area contributed by atoms with Crippen molar-refractivity contribution in [2.75, 3.05) is 25.1 Å². The minimum atomic E-state index is -4.61. The molecule has 1 unspecified atom stereocenters. The maximum absolute atomic E-state index is 13.1. The number of alkyl halides is 3. The average Bonchev–Trinajstić information content (AvgIpc) is 3.11. The number of ether oxygens (including phenoxy) is 1. The lowest BCUT2D eigenvalue weighted by atomic mass is 9.98. The predicted octanol–water partition coefficient (Wildman–Crippen LogP) is 2.63. The normalized spacial score (nSPS) is 19.4. The largest absolute Gasteiger partial charge is 0.481 e. The van der Waals surface area contributed by atoms with E-state index < -0.39 is 23.7 Å². The van der Waals surface area contributed by atoms with Gasteiger partial charge in [0.1, 0.15) is 17.8 Å². The van der Waals surface area contributed by atoms with Crippen molar-refractivity contribution in [2.45, 2.75) is 38.0 Å². The molecule has 0 radical (unpaired) electrons. The van der Waals surface area contributed by atoms with Gasteiger partial charge in [0.05, 0.1) is 18.4 Å². The van der Waals surface area contributed by atoms with Gasteiger partial charge in [-0.05, 0) is 31.9 Å². The first-order chi connectivity index (χ1) is 15.0. The van der Waals surface area contributed by atoms with Gasteiger partial charge in [0.15, 0.2) is 0 Å². The van der Waals surface area contributed by atoms with Crippen LogP contribution in [0.25, 0.3) is 11.1 Å². The highest BCUT2D eigenvalue weighted by Crippen LogP contribution is 2.39. The maximum Gasteiger partial charge on any atom is 0.408 e. The van der Waals surface area contributed by atoms with Crippen LogP contribution in [0.4, 0.5) is 18.9 Å². The van der Waals surface area contributed by atoms with Crippen molar-refractivity contribution in [2.24, 2.45) is 5.73 Å². The predicted molar refractivity (Wildman–Crippen MR) is 111 cm³/mol. The average molecular weight is 448 g/mol. The van der Waals surface area contributed by atoms with E-state index in [9.17, 15) is 23.2 Å². The quantitative estimate of drug-likeness (QED) is 0.722. The first-order valence-electron chi connectivity index (χ1n) is 9.82. The van der Waals surface area contributed by atoms with E-state index in [1.54, 1.807) is 17.0 Å². The number of carbonyl (C=O) groups excluding carboxylic acids is 1. The number of nitrogens with one attached hydrogen (secondary N) is 1. The molecule has 1 fully saturated rings. The molecule has 3 rings (SSSR count). The fraction of sp³-hybridized carbons (Fsp3) is 0.429.